The smallest absolute Gasteiger partial charge is 0.158 e. The summed E-state index contributed by atoms with van der Waals surface area (Å²) in [4.78, 5) is 3.65. The topological polar surface area (TPSA) is 52.8 Å². The molecule has 3 heteroatoms. The Bertz CT molecular complexity index is 455. The van der Waals surface area contributed by atoms with Crippen LogP contribution in [0.2, 0.25) is 0 Å². The number of aromatic hydroxyl groups is 2. The fourth-order valence-corrected chi connectivity index (χ4v) is 1.37. The lowest BCUT2D eigenvalue weighted by atomic mass is 10.0. The first-order valence-corrected chi connectivity index (χ1v) is 4.88. The first-order chi connectivity index (χ1) is 7.56. The van der Waals surface area contributed by atoms with Crippen LogP contribution in [0.15, 0.2) is 41.0 Å². The molecule has 0 radical (unpaired) electrons. The Morgan fingerprint density at radius 1 is 1.25 bits per heavy atom. The summed E-state index contributed by atoms with van der Waals surface area (Å²) in [7, 11) is 0. The molecule has 2 N–H and O–H groups in total. The minimum atomic E-state index is -0.129. The monoisotopic (exact) mass is 217 g/mol. The van der Waals surface area contributed by atoms with Gasteiger partial charge in [-0.15, -0.1) is 0 Å². The predicted molar refractivity (Wildman–Crippen MR) is 66.7 cm³/mol. The minimum absolute atomic E-state index is 0.123. The van der Waals surface area contributed by atoms with E-state index < -0.39 is 0 Å². The number of aliphatic imine (C=N–C) groups is 1. The number of hydrogen-bond acceptors (Lipinski definition) is 3. The molecule has 0 fully saturated rings. The second-order valence-electron chi connectivity index (χ2n) is 3.62. The molecule has 0 aliphatic carbocycles. The minimum Gasteiger partial charge on any atom is -0.504 e. The van der Waals surface area contributed by atoms with Crippen LogP contribution < -0.4 is 0 Å². The zero-order valence-corrected chi connectivity index (χ0v) is 9.44. The van der Waals surface area contributed by atoms with Gasteiger partial charge in [0.15, 0.2) is 11.5 Å². The first-order valence-electron chi connectivity index (χ1n) is 4.88. The van der Waals surface area contributed by atoms with E-state index in [1.165, 1.54) is 12.1 Å². The molecule has 1 aromatic rings. The van der Waals surface area contributed by atoms with Crippen molar-refractivity contribution >= 4 is 12.3 Å². The number of phenolic OH excluding ortho intramolecular Hbond substituents is 2. The quantitative estimate of drug-likeness (QED) is 0.464. The fraction of sp³-hybridized carbons (Fsp3) is 0.154. The maximum atomic E-state index is 9.42. The SMILES string of the molecule is C=N/C=C\C(=C(C)C)c1ccc(O)c(O)c1. The van der Waals surface area contributed by atoms with E-state index in [0.29, 0.717) is 0 Å². The zero-order valence-electron chi connectivity index (χ0n) is 9.44. The van der Waals surface area contributed by atoms with E-state index in [0.717, 1.165) is 16.7 Å². The molecular weight excluding hydrogens is 202 g/mol. The van der Waals surface area contributed by atoms with Crippen molar-refractivity contribution in [3.8, 4) is 11.5 Å². The highest BCUT2D eigenvalue weighted by atomic mass is 16.3. The van der Waals surface area contributed by atoms with Crippen molar-refractivity contribution in [2.75, 3.05) is 0 Å². The summed E-state index contributed by atoms with van der Waals surface area (Å²) in [6, 6.07) is 4.72. The molecule has 0 saturated carbocycles. The van der Waals surface area contributed by atoms with Gasteiger partial charge in [-0.1, -0.05) is 11.6 Å². The summed E-state index contributed by atoms with van der Waals surface area (Å²) in [5.41, 5.74) is 2.86. The van der Waals surface area contributed by atoms with Crippen molar-refractivity contribution in [3.63, 3.8) is 0 Å². The third-order valence-corrected chi connectivity index (χ3v) is 2.17. The van der Waals surface area contributed by atoms with Crippen molar-refractivity contribution in [2.24, 2.45) is 4.99 Å². The van der Waals surface area contributed by atoms with Crippen molar-refractivity contribution in [3.05, 3.63) is 41.6 Å². The van der Waals surface area contributed by atoms with E-state index in [1.54, 1.807) is 12.3 Å². The lowest BCUT2D eigenvalue weighted by Crippen LogP contribution is -1.84. The van der Waals surface area contributed by atoms with Crippen molar-refractivity contribution < 1.29 is 10.2 Å². The van der Waals surface area contributed by atoms with Crippen LogP contribution in [0, 0.1) is 0 Å². The molecular formula is C13H15NO2. The van der Waals surface area contributed by atoms with Gasteiger partial charge in [-0.05, 0) is 49.9 Å². The maximum Gasteiger partial charge on any atom is 0.158 e. The van der Waals surface area contributed by atoms with Crippen LogP contribution in [-0.4, -0.2) is 16.9 Å². The molecule has 0 saturated heterocycles. The predicted octanol–water partition coefficient (Wildman–Crippen LogP) is 3.11. The molecule has 0 spiro atoms. The van der Waals surface area contributed by atoms with Gasteiger partial charge in [-0.2, -0.15) is 0 Å². The first kappa shape index (κ1) is 12.0. The van der Waals surface area contributed by atoms with Gasteiger partial charge in [0.2, 0.25) is 0 Å². The number of nitrogens with zero attached hydrogens (tertiary/aromatic N) is 1. The molecule has 0 bridgehead atoms. The molecule has 0 amide bonds. The Balaban J connectivity index is 3.23. The second-order valence-corrected chi connectivity index (χ2v) is 3.62. The number of hydrogen-bond donors (Lipinski definition) is 2. The highest BCUT2D eigenvalue weighted by molar-refractivity contribution is 5.77. The molecule has 0 aromatic heterocycles. The van der Waals surface area contributed by atoms with Gasteiger partial charge >= 0.3 is 0 Å². The molecule has 0 heterocycles. The summed E-state index contributed by atoms with van der Waals surface area (Å²) in [6.07, 6.45) is 3.40. The third-order valence-electron chi connectivity index (χ3n) is 2.17. The van der Waals surface area contributed by atoms with Crippen LogP contribution in [0.1, 0.15) is 19.4 Å². The number of rotatable bonds is 3. The van der Waals surface area contributed by atoms with Gasteiger partial charge in [0.05, 0.1) is 0 Å². The van der Waals surface area contributed by atoms with Crippen LogP contribution in [0.5, 0.6) is 11.5 Å². The second kappa shape index (κ2) is 5.16. The number of phenols is 2. The summed E-state index contributed by atoms with van der Waals surface area (Å²) < 4.78 is 0. The van der Waals surface area contributed by atoms with E-state index in [1.807, 2.05) is 19.9 Å². The standard InChI is InChI=1S/C13H15NO2/c1-9(2)11(6-7-14-3)10-4-5-12(15)13(16)8-10/h4-8,15-16H,3H2,1-2H3/b7-6-. The Labute approximate surface area is 95.1 Å². The van der Waals surface area contributed by atoms with Crippen molar-refractivity contribution in [1.82, 2.24) is 0 Å². The molecule has 0 aliphatic rings. The Morgan fingerprint density at radius 3 is 2.44 bits per heavy atom. The van der Waals surface area contributed by atoms with E-state index >= 15 is 0 Å². The van der Waals surface area contributed by atoms with Crippen LogP contribution in [-0.2, 0) is 0 Å². The normalized spacial score (nSPS) is 10.4. The lowest BCUT2D eigenvalue weighted by Gasteiger charge is -2.06. The highest BCUT2D eigenvalue weighted by Crippen LogP contribution is 2.30. The molecule has 3 nitrogen and oxygen atoms in total. The van der Waals surface area contributed by atoms with E-state index in [9.17, 15) is 10.2 Å². The fourth-order valence-electron chi connectivity index (χ4n) is 1.37. The molecule has 1 aromatic carbocycles. The summed E-state index contributed by atoms with van der Waals surface area (Å²) in [6.45, 7) is 7.30. The van der Waals surface area contributed by atoms with E-state index in [2.05, 4.69) is 11.7 Å². The average molecular weight is 217 g/mol. The van der Waals surface area contributed by atoms with Crippen LogP contribution >= 0.6 is 0 Å². The van der Waals surface area contributed by atoms with Gasteiger partial charge in [0, 0.05) is 6.20 Å². The number of benzene rings is 1. The van der Waals surface area contributed by atoms with E-state index in [4.69, 9.17) is 0 Å². The maximum absolute atomic E-state index is 9.42. The van der Waals surface area contributed by atoms with Crippen molar-refractivity contribution in [2.45, 2.75) is 13.8 Å². The largest absolute Gasteiger partial charge is 0.504 e. The molecule has 84 valence electrons. The number of allylic oxidation sites excluding steroid dienone is 3. The molecule has 0 atom stereocenters. The molecule has 1 rings (SSSR count). The molecule has 0 aliphatic heterocycles. The van der Waals surface area contributed by atoms with E-state index in [-0.39, 0.29) is 11.5 Å². The van der Waals surface area contributed by atoms with Crippen LogP contribution in [0.3, 0.4) is 0 Å². The Morgan fingerprint density at radius 2 is 1.94 bits per heavy atom. The molecule has 0 unspecified atom stereocenters. The van der Waals surface area contributed by atoms with Gasteiger partial charge in [-0.25, -0.2) is 0 Å². The lowest BCUT2D eigenvalue weighted by molar-refractivity contribution is 0.403. The van der Waals surface area contributed by atoms with Gasteiger partial charge in [-0.3, -0.25) is 4.99 Å². The highest BCUT2D eigenvalue weighted by Gasteiger charge is 2.04. The summed E-state index contributed by atoms with van der Waals surface area (Å²) in [5.74, 6) is -0.251. The van der Waals surface area contributed by atoms with Gasteiger partial charge in [0.25, 0.3) is 0 Å². The zero-order chi connectivity index (χ0) is 12.1. The third kappa shape index (κ3) is 2.73. The molecule has 16 heavy (non-hydrogen) atoms. The van der Waals surface area contributed by atoms with Crippen LogP contribution in [0.25, 0.3) is 5.57 Å². The Kier molecular flexibility index (Phi) is 3.89. The van der Waals surface area contributed by atoms with Gasteiger partial charge in [0.1, 0.15) is 0 Å². The Hall–Kier alpha value is -2.03. The van der Waals surface area contributed by atoms with Gasteiger partial charge < -0.3 is 10.2 Å². The van der Waals surface area contributed by atoms with Crippen molar-refractivity contribution in [1.29, 1.82) is 0 Å². The summed E-state index contributed by atoms with van der Waals surface area (Å²) in [5, 5.41) is 18.7. The average Bonchev–Trinajstić information content (AvgIpc) is 2.23. The van der Waals surface area contributed by atoms with Crippen LogP contribution in [0.4, 0.5) is 0 Å². The summed E-state index contributed by atoms with van der Waals surface area (Å²) >= 11 is 0.